The van der Waals surface area contributed by atoms with E-state index >= 15 is 0 Å². The molecule has 3 rings (SSSR count). The summed E-state index contributed by atoms with van der Waals surface area (Å²) in [5, 5.41) is 11.0. The van der Waals surface area contributed by atoms with E-state index in [0.717, 1.165) is 17.1 Å². The minimum Gasteiger partial charge on any atom is -0.494 e. The van der Waals surface area contributed by atoms with Gasteiger partial charge in [-0.1, -0.05) is 17.8 Å². The lowest BCUT2D eigenvalue weighted by molar-refractivity contribution is -0.113. The van der Waals surface area contributed by atoms with Crippen LogP contribution in [0.4, 0.5) is 5.69 Å². The van der Waals surface area contributed by atoms with Crippen LogP contribution < -0.4 is 14.8 Å². The fraction of sp³-hybridized carbons (Fsp3) is 0.286. The fourth-order valence-corrected chi connectivity index (χ4v) is 3.01. The van der Waals surface area contributed by atoms with Crippen LogP contribution in [-0.2, 0) is 11.4 Å². The van der Waals surface area contributed by atoms with Crippen LogP contribution in [0.25, 0.3) is 0 Å². The number of hydrogen-bond donors (Lipinski definition) is 1. The van der Waals surface area contributed by atoms with Crippen molar-refractivity contribution in [1.82, 2.24) is 10.2 Å². The average Bonchev–Trinajstić information content (AvgIpc) is 3.17. The van der Waals surface area contributed by atoms with Gasteiger partial charge in [0, 0.05) is 5.69 Å². The SMILES string of the molecule is CCOc1ccc(NC(=O)CSc2nnc(COc3ccc(C)c(C)c3)o2)cc1. The molecule has 1 aromatic heterocycles. The molecule has 0 radical (unpaired) electrons. The predicted octanol–water partition coefficient (Wildman–Crippen LogP) is 4.39. The quantitative estimate of drug-likeness (QED) is 0.521. The van der Waals surface area contributed by atoms with E-state index < -0.39 is 0 Å². The second-order valence-electron chi connectivity index (χ2n) is 6.29. The lowest BCUT2D eigenvalue weighted by Gasteiger charge is -2.06. The summed E-state index contributed by atoms with van der Waals surface area (Å²) in [7, 11) is 0. The molecular formula is C21H23N3O4S. The number of rotatable bonds is 9. The lowest BCUT2D eigenvalue weighted by Crippen LogP contribution is -2.13. The number of benzene rings is 2. The number of ether oxygens (including phenoxy) is 2. The van der Waals surface area contributed by atoms with Crippen LogP contribution in [0, 0.1) is 13.8 Å². The zero-order valence-electron chi connectivity index (χ0n) is 16.6. The zero-order valence-corrected chi connectivity index (χ0v) is 17.4. The molecule has 0 unspecified atom stereocenters. The molecule has 0 bridgehead atoms. The summed E-state index contributed by atoms with van der Waals surface area (Å²) in [6.07, 6.45) is 0. The first-order valence-corrected chi connectivity index (χ1v) is 10.2. The first-order chi connectivity index (χ1) is 14.0. The molecule has 0 saturated heterocycles. The Morgan fingerprint density at radius 3 is 2.52 bits per heavy atom. The third-order valence-corrected chi connectivity index (χ3v) is 4.88. The topological polar surface area (TPSA) is 86.5 Å². The van der Waals surface area contributed by atoms with Gasteiger partial charge in [0.2, 0.25) is 5.91 Å². The number of hydrogen-bond acceptors (Lipinski definition) is 7. The van der Waals surface area contributed by atoms with Gasteiger partial charge in [0.25, 0.3) is 11.1 Å². The van der Waals surface area contributed by atoms with E-state index in [1.807, 2.05) is 51.1 Å². The van der Waals surface area contributed by atoms with Crippen LogP contribution >= 0.6 is 11.8 Å². The lowest BCUT2D eigenvalue weighted by atomic mass is 10.1. The molecule has 0 aliphatic rings. The van der Waals surface area contributed by atoms with Gasteiger partial charge in [-0.25, -0.2) is 0 Å². The van der Waals surface area contributed by atoms with Crippen molar-refractivity contribution >= 4 is 23.4 Å². The second kappa shape index (κ2) is 9.97. The van der Waals surface area contributed by atoms with Gasteiger partial charge in [-0.3, -0.25) is 4.79 Å². The van der Waals surface area contributed by atoms with Gasteiger partial charge in [0.05, 0.1) is 12.4 Å². The van der Waals surface area contributed by atoms with E-state index in [1.165, 1.54) is 17.3 Å². The Hall–Kier alpha value is -3.00. The summed E-state index contributed by atoms with van der Waals surface area (Å²) < 4.78 is 16.6. The van der Waals surface area contributed by atoms with Crippen molar-refractivity contribution in [3.8, 4) is 11.5 Å². The van der Waals surface area contributed by atoms with Crippen LogP contribution in [0.3, 0.4) is 0 Å². The zero-order chi connectivity index (χ0) is 20.6. The van der Waals surface area contributed by atoms with Gasteiger partial charge in [-0.2, -0.15) is 0 Å². The number of aromatic nitrogens is 2. The minimum absolute atomic E-state index is 0.160. The first kappa shape index (κ1) is 20.7. The number of anilines is 1. The van der Waals surface area contributed by atoms with E-state index in [0.29, 0.717) is 23.4 Å². The van der Waals surface area contributed by atoms with Crippen molar-refractivity contribution in [3.05, 3.63) is 59.5 Å². The summed E-state index contributed by atoms with van der Waals surface area (Å²) in [4.78, 5) is 12.1. The number of nitrogens with zero attached hydrogens (tertiary/aromatic N) is 2. The molecule has 1 N–H and O–H groups in total. The third kappa shape index (κ3) is 6.25. The van der Waals surface area contributed by atoms with Crippen molar-refractivity contribution in [3.63, 3.8) is 0 Å². The molecule has 0 aliphatic heterocycles. The Balaban J connectivity index is 1.44. The van der Waals surface area contributed by atoms with Gasteiger partial charge in [0.15, 0.2) is 6.61 Å². The van der Waals surface area contributed by atoms with Crippen molar-refractivity contribution in [1.29, 1.82) is 0 Å². The molecule has 0 atom stereocenters. The van der Waals surface area contributed by atoms with Gasteiger partial charge in [0.1, 0.15) is 11.5 Å². The molecule has 7 nitrogen and oxygen atoms in total. The molecule has 0 fully saturated rings. The smallest absolute Gasteiger partial charge is 0.277 e. The van der Waals surface area contributed by atoms with Gasteiger partial charge in [-0.05, 0) is 68.3 Å². The first-order valence-electron chi connectivity index (χ1n) is 9.21. The minimum atomic E-state index is -0.162. The predicted molar refractivity (Wildman–Crippen MR) is 112 cm³/mol. The van der Waals surface area contributed by atoms with E-state index in [4.69, 9.17) is 13.9 Å². The molecule has 152 valence electrons. The van der Waals surface area contributed by atoms with Crippen molar-refractivity contribution in [2.24, 2.45) is 0 Å². The number of carbonyl (C=O) groups excluding carboxylic acids is 1. The molecule has 0 aliphatic carbocycles. The highest BCUT2D eigenvalue weighted by molar-refractivity contribution is 7.99. The highest BCUT2D eigenvalue weighted by Crippen LogP contribution is 2.20. The Bertz CT molecular complexity index is 957. The molecule has 8 heteroatoms. The van der Waals surface area contributed by atoms with E-state index in [-0.39, 0.29) is 18.3 Å². The molecule has 0 saturated carbocycles. The fourth-order valence-electron chi connectivity index (χ4n) is 2.43. The molecular weight excluding hydrogens is 390 g/mol. The normalized spacial score (nSPS) is 10.6. The molecule has 3 aromatic rings. The number of nitrogens with one attached hydrogen (secondary N) is 1. The Morgan fingerprint density at radius 1 is 1.03 bits per heavy atom. The summed E-state index contributed by atoms with van der Waals surface area (Å²) in [6, 6.07) is 13.1. The van der Waals surface area contributed by atoms with Gasteiger partial charge >= 0.3 is 0 Å². The van der Waals surface area contributed by atoms with Crippen LogP contribution in [0.15, 0.2) is 52.1 Å². The molecule has 1 heterocycles. The highest BCUT2D eigenvalue weighted by atomic mass is 32.2. The van der Waals surface area contributed by atoms with Crippen molar-refractivity contribution in [2.75, 3.05) is 17.7 Å². The maximum atomic E-state index is 12.1. The van der Waals surface area contributed by atoms with E-state index in [2.05, 4.69) is 15.5 Å². The Morgan fingerprint density at radius 2 is 1.79 bits per heavy atom. The summed E-state index contributed by atoms with van der Waals surface area (Å²) in [6.45, 7) is 6.78. The standard InChI is InChI=1S/C21H23N3O4S/c1-4-26-17-9-6-16(7-10-17)22-19(25)13-29-21-24-23-20(28-21)12-27-18-8-5-14(2)15(3)11-18/h5-11H,4,12-13H2,1-3H3,(H,22,25). The summed E-state index contributed by atoms with van der Waals surface area (Å²) in [5.41, 5.74) is 3.06. The van der Waals surface area contributed by atoms with Crippen molar-refractivity contribution in [2.45, 2.75) is 32.6 Å². The van der Waals surface area contributed by atoms with E-state index in [1.54, 1.807) is 12.1 Å². The van der Waals surface area contributed by atoms with Crippen molar-refractivity contribution < 1.29 is 18.7 Å². The maximum absolute atomic E-state index is 12.1. The molecule has 2 aromatic carbocycles. The Kier molecular flexibility index (Phi) is 7.13. The molecule has 29 heavy (non-hydrogen) atoms. The summed E-state index contributed by atoms with van der Waals surface area (Å²) in [5.74, 6) is 1.87. The largest absolute Gasteiger partial charge is 0.494 e. The second-order valence-corrected chi connectivity index (χ2v) is 7.22. The number of aryl methyl sites for hydroxylation is 2. The van der Waals surface area contributed by atoms with Crippen LogP contribution in [0.5, 0.6) is 11.5 Å². The van der Waals surface area contributed by atoms with Gasteiger partial charge < -0.3 is 19.2 Å². The highest BCUT2D eigenvalue weighted by Gasteiger charge is 2.11. The van der Waals surface area contributed by atoms with Crippen LogP contribution in [0.2, 0.25) is 0 Å². The Labute approximate surface area is 173 Å². The number of amides is 1. The van der Waals surface area contributed by atoms with Crippen LogP contribution in [-0.4, -0.2) is 28.5 Å². The number of carbonyl (C=O) groups is 1. The third-order valence-electron chi connectivity index (χ3n) is 4.06. The molecule has 1 amide bonds. The summed E-state index contributed by atoms with van der Waals surface area (Å²) >= 11 is 1.17. The van der Waals surface area contributed by atoms with E-state index in [9.17, 15) is 4.79 Å². The number of thioether (sulfide) groups is 1. The average molecular weight is 413 g/mol. The van der Waals surface area contributed by atoms with Crippen LogP contribution in [0.1, 0.15) is 23.9 Å². The maximum Gasteiger partial charge on any atom is 0.277 e. The van der Waals surface area contributed by atoms with Gasteiger partial charge in [-0.15, -0.1) is 10.2 Å². The molecule has 0 spiro atoms. The monoisotopic (exact) mass is 413 g/mol.